The number of anilines is 1. The maximum absolute atomic E-state index is 12.4. The highest BCUT2D eigenvalue weighted by Crippen LogP contribution is 2.36. The van der Waals surface area contributed by atoms with Crippen molar-refractivity contribution < 1.29 is 14.3 Å². The Morgan fingerprint density at radius 3 is 2.61 bits per heavy atom. The third-order valence-corrected chi connectivity index (χ3v) is 6.06. The molecule has 1 amide bonds. The molecular formula is C22H24N2O3S. The third-order valence-electron chi connectivity index (χ3n) is 4.85. The monoisotopic (exact) mass is 396 g/mol. The van der Waals surface area contributed by atoms with Gasteiger partial charge >= 0.3 is 0 Å². The van der Waals surface area contributed by atoms with E-state index in [0.29, 0.717) is 22.1 Å². The molecule has 0 saturated heterocycles. The Hall–Kier alpha value is -2.78. The lowest BCUT2D eigenvalue weighted by Crippen LogP contribution is -2.07. The second-order valence-corrected chi connectivity index (χ2v) is 7.78. The molecule has 1 heterocycles. The maximum atomic E-state index is 12.4. The molecule has 5 nitrogen and oxygen atoms in total. The highest BCUT2D eigenvalue weighted by atomic mass is 32.1. The molecule has 6 heteroatoms. The molecule has 3 rings (SSSR count). The van der Waals surface area contributed by atoms with E-state index in [0.717, 1.165) is 36.8 Å². The first-order valence-electron chi connectivity index (χ1n) is 9.42. The van der Waals surface area contributed by atoms with E-state index in [-0.39, 0.29) is 5.91 Å². The molecule has 0 bridgehead atoms. The highest BCUT2D eigenvalue weighted by Gasteiger charge is 2.19. The maximum Gasteiger partial charge on any atom is 0.249 e. The van der Waals surface area contributed by atoms with Gasteiger partial charge in [-0.05, 0) is 55.0 Å². The minimum Gasteiger partial charge on any atom is -0.493 e. The second-order valence-electron chi connectivity index (χ2n) is 6.67. The average molecular weight is 397 g/mol. The van der Waals surface area contributed by atoms with E-state index in [1.165, 1.54) is 23.8 Å². The molecule has 0 radical (unpaired) electrons. The zero-order valence-corrected chi connectivity index (χ0v) is 17.0. The zero-order chi connectivity index (χ0) is 19.9. The standard InChI is InChI=1S/C22H24N2O3S/c1-26-18-11-9-15(13-19(18)27-2)10-12-21(25)24-22-17(14-23)16-7-5-3-4-6-8-20(16)28-22/h9-13H,3-8H2,1-2H3,(H,24,25)/b12-10-. The zero-order valence-electron chi connectivity index (χ0n) is 16.2. The fraction of sp³-hybridized carbons (Fsp3) is 0.364. The van der Waals surface area contributed by atoms with Crippen molar-refractivity contribution in [3.05, 3.63) is 45.8 Å². The van der Waals surface area contributed by atoms with Crippen LogP contribution in [0.4, 0.5) is 5.00 Å². The van der Waals surface area contributed by atoms with E-state index in [1.54, 1.807) is 43.8 Å². The molecule has 0 saturated carbocycles. The van der Waals surface area contributed by atoms with Gasteiger partial charge in [0.2, 0.25) is 5.91 Å². The van der Waals surface area contributed by atoms with Crippen molar-refractivity contribution in [3.63, 3.8) is 0 Å². The van der Waals surface area contributed by atoms with Crippen molar-refractivity contribution in [2.45, 2.75) is 38.5 Å². The van der Waals surface area contributed by atoms with Crippen LogP contribution in [0.2, 0.25) is 0 Å². The van der Waals surface area contributed by atoms with Crippen LogP contribution in [0.1, 0.15) is 47.3 Å². The predicted molar refractivity (Wildman–Crippen MR) is 112 cm³/mol. The number of carbonyl (C=O) groups is 1. The van der Waals surface area contributed by atoms with E-state index < -0.39 is 0 Å². The molecule has 0 fully saturated rings. The van der Waals surface area contributed by atoms with Gasteiger partial charge < -0.3 is 14.8 Å². The molecule has 0 unspecified atom stereocenters. The summed E-state index contributed by atoms with van der Waals surface area (Å²) < 4.78 is 10.5. The molecule has 1 aliphatic carbocycles. The Bertz CT molecular complexity index is 925. The molecule has 2 aromatic rings. The predicted octanol–water partition coefficient (Wildman–Crippen LogP) is 4.95. The molecule has 146 valence electrons. The van der Waals surface area contributed by atoms with Gasteiger partial charge in [-0.3, -0.25) is 4.79 Å². The van der Waals surface area contributed by atoms with Gasteiger partial charge in [-0.25, -0.2) is 0 Å². The van der Waals surface area contributed by atoms with E-state index in [2.05, 4.69) is 11.4 Å². The van der Waals surface area contributed by atoms with Gasteiger partial charge in [0, 0.05) is 11.0 Å². The third kappa shape index (κ3) is 4.55. The Morgan fingerprint density at radius 1 is 1.14 bits per heavy atom. The second kappa shape index (κ2) is 9.43. The van der Waals surface area contributed by atoms with Crippen molar-refractivity contribution in [3.8, 4) is 17.6 Å². The summed E-state index contributed by atoms with van der Waals surface area (Å²) in [7, 11) is 3.16. The molecule has 1 aliphatic rings. The Kier molecular flexibility index (Phi) is 6.72. The lowest BCUT2D eigenvalue weighted by atomic mass is 9.97. The molecule has 1 aromatic heterocycles. The van der Waals surface area contributed by atoms with Crippen LogP contribution >= 0.6 is 11.3 Å². The van der Waals surface area contributed by atoms with Crippen molar-refractivity contribution in [2.24, 2.45) is 0 Å². The van der Waals surface area contributed by atoms with Gasteiger partial charge in [-0.2, -0.15) is 5.26 Å². The number of amides is 1. The molecule has 0 spiro atoms. The summed E-state index contributed by atoms with van der Waals surface area (Å²) in [5.74, 6) is 0.995. The van der Waals surface area contributed by atoms with E-state index in [1.807, 2.05) is 6.07 Å². The van der Waals surface area contributed by atoms with Gasteiger partial charge in [0.15, 0.2) is 11.5 Å². The number of hydrogen-bond acceptors (Lipinski definition) is 5. The van der Waals surface area contributed by atoms with E-state index in [9.17, 15) is 10.1 Å². The normalized spacial score (nSPS) is 13.9. The number of nitrogens with one attached hydrogen (secondary N) is 1. The topological polar surface area (TPSA) is 71.3 Å². The number of benzene rings is 1. The molecule has 0 aliphatic heterocycles. The highest BCUT2D eigenvalue weighted by molar-refractivity contribution is 7.16. The number of methoxy groups -OCH3 is 2. The smallest absolute Gasteiger partial charge is 0.249 e. The van der Waals surface area contributed by atoms with Gasteiger partial charge in [0.05, 0.1) is 19.8 Å². The first-order valence-corrected chi connectivity index (χ1v) is 10.2. The van der Waals surface area contributed by atoms with Crippen molar-refractivity contribution >= 4 is 28.3 Å². The lowest BCUT2D eigenvalue weighted by Gasteiger charge is -2.08. The van der Waals surface area contributed by atoms with Crippen LogP contribution < -0.4 is 14.8 Å². The van der Waals surface area contributed by atoms with Crippen LogP contribution in [-0.2, 0) is 17.6 Å². The van der Waals surface area contributed by atoms with Crippen molar-refractivity contribution in [1.82, 2.24) is 0 Å². The minimum absolute atomic E-state index is 0.250. The van der Waals surface area contributed by atoms with Gasteiger partial charge in [0.1, 0.15) is 11.1 Å². The van der Waals surface area contributed by atoms with Gasteiger partial charge in [-0.15, -0.1) is 11.3 Å². The van der Waals surface area contributed by atoms with Crippen molar-refractivity contribution in [2.75, 3.05) is 19.5 Å². The SMILES string of the molecule is COc1ccc(/C=C\C(=O)Nc2sc3c(c2C#N)CCCCCC3)cc1OC. The minimum atomic E-state index is -0.250. The summed E-state index contributed by atoms with van der Waals surface area (Å²) in [5.41, 5.74) is 2.59. The molecule has 1 N–H and O–H groups in total. The van der Waals surface area contributed by atoms with E-state index in [4.69, 9.17) is 9.47 Å². The fourth-order valence-corrected chi connectivity index (χ4v) is 4.65. The summed E-state index contributed by atoms with van der Waals surface area (Å²) in [4.78, 5) is 13.7. The summed E-state index contributed by atoms with van der Waals surface area (Å²) in [6, 6.07) is 7.75. The number of fused-ring (bicyclic) bond motifs is 1. The largest absolute Gasteiger partial charge is 0.493 e. The van der Waals surface area contributed by atoms with Gasteiger partial charge in [-0.1, -0.05) is 18.9 Å². The quantitative estimate of drug-likeness (QED) is 0.726. The average Bonchev–Trinajstić information content (AvgIpc) is 3.01. The number of hydrogen-bond donors (Lipinski definition) is 1. The Morgan fingerprint density at radius 2 is 1.89 bits per heavy atom. The first kappa shape index (κ1) is 20.0. The lowest BCUT2D eigenvalue weighted by molar-refractivity contribution is -0.111. The molecule has 28 heavy (non-hydrogen) atoms. The van der Waals surface area contributed by atoms with Crippen LogP contribution in [0.3, 0.4) is 0 Å². The molecule has 0 atom stereocenters. The van der Waals surface area contributed by atoms with Crippen LogP contribution in [0, 0.1) is 11.3 Å². The number of nitrogens with zero attached hydrogens (tertiary/aromatic N) is 1. The Labute approximate surface area is 169 Å². The molecular weight excluding hydrogens is 372 g/mol. The van der Waals surface area contributed by atoms with Crippen LogP contribution in [0.25, 0.3) is 6.08 Å². The molecule has 1 aromatic carbocycles. The van der Waals surface area contributed by atoms with Crippen molar-refractivity contribution in [1.29, 1.82) is 5.26 Å². The Balaban J connectivity index is 1.75. The number of thiophene rings is 1. The summed E-state index contributed by atoms with van der Waals surface area (Å²) in [6.07, 6.45) is 9.78. The summed E-state index contributed by atoms with van der Waals surface area (Å²) in [6.45, 7) is 0. The number of ether oxygens (including phenoxy) is 2. The van der Waals surface area contributed by atoms with Crippen LogP contribution in [0.5, 0.6) is 11.5 Å². The van der Waals surface area contributed by atoms with Crippen LogP contribution in [0.15, 0.2) is 24.3 Å². The fourth-order valence-electron chi connectivity index (χ4n) is 3.41. The number of rotatable bonds is 5. The first-order chi connectivity index (χ1) is 13.7. The number of aryl methyl sites for hydroxylation is 1. The summed E-state index contributed by atoms with van der Waals surface area (Å²) >= 11 is 1.55. The van der Waals surface area contributed by atoms with Crippen LogP contribution in [-0.4, -0.2) is 20.1 Å². The van der Waals surface area contributed by atoms with E-state index >= 15 is 0 Å². The number of carbonyl (C=O) groups excluding carboxylic acids is 1. The summed E-state index contributed by atoms with van der Waals surface area (Å²) in [5, 5.41) is 13.2. The van der Waals surface area contributed by atoms with Gasteiger partial charge in [0.25, 0.3) is 0 Å². The number of nitriles is 1.